The lowest BCUT2D eigenvalue weighted by Crippen LogP contribution is -2.42. The molecule has 42 heavy (non-hydrogen) atoms. The quantitative estimate of drug-likeness (QED) is 0.247. The van der Waals surface area contributed by atoms with E-state index in [0.717, 1.165) is 59.9 Å². The van der Waals surface area contributed by atoms with Gasteiger partial charge in [0.1, 0.15) is 21.6 Å². The Morgan fingerprint density at radius 1 is 1.05 bits per heavy atom. The molecule has 0 saturated carbocycles. The van der Waals surface area contributed by atoms with Gasteiger partial charge in [0.25, 0.3) is 5.91 Å². The molecule has 1 heterocycles. The molecule has 9 heteroatoms. The zero-order valence-electron chi connectivity index (χ0n) is 24.4. The molecular weight excluding hydrogens is 554 g/mol. The van der Waals surface area contributed by atoms with E-state index >= 15 is 0 Å². The van der Waals surface area contributed by atoms with E-state index in [1.165, 1.54) is 5.56 Å². The monoisotopic (exact) mass is 593 g/mol. The van der Waals surface area contributed by atoms with Gasteiger partial charge in [-0.15, -0.1) is 0 Å². The summed E-state index contributed by atoms with van der Waals surface area (Å²) in [5.41, 5.74) is 5.95. The first-order chi connectivity index (χ1) is 20.1. The third-order valence-electron chi connectivity index (χ3n) is 7.50. The van der Waals surface area contributed by atoms with Gasteiger partial charge in [-0.05, 0) is 77.4 Å². The van der Waals surface area contributed by atoms with Crippen LogP contribution in [-0.4, -0.2) is 50.1 Å². The molecule has 2 atom stereocenters. The number of carbonyl (C=O) groups excluding carboxylic acids is 1. The molecule has 1 aliphatic rings. The van der Waals surface area contributed by atoms with Gasteiger partial charge in [0.05, 0.1) is 25.1 Å². The minimum Gasteiger partial charge on any atom is -0.493 e. The number of sulfone groups is 1. The second-order valence-electron chi connectivity index (χ2n) is 10.9. The van der Waals surface area contributed by atoms with Crippen molar-refractivity contribution >= 4 is 21.7 Å². The minimum atomic E-state index is -3.39. The van der Waals surface area contributed by atoms with Gasteiger partial charge in [-0.2, -0.15) is 0 Å². The number of rotatable bonds is 14. The highest BCUT2D eigenvalue weighted by molar-refractivity contribution is 7.90. The number of ether oxygens (including phenoxy) is 2. The van der Waals surface area contributed by atoms with Crippen molar-refractivity contribution in [3.8, 4) is 16.9 Å². The Labute approximate surface area is 248 Å². The van der Waals surface area contributed by atoms with E-state index in [0.29, 0.717) is 24.3 Å². The summed E-state index contributed by atoms with van der Waals surface area (Å²) < 4.78 is 35.4. The number of nitrogens with one attached hydrogen (secondary N) is 1. The van der Waals surface area contributed by atoms with Crippen molar-refractivity contribution in [1.82, 2.24) is 5.32 Å². The first-order valence-corrected chi connectivity index (χ1v) is 16.4. The Morgan fingerprint density at radius 2 is 1.83 bits per heavy atom. The van der Waals surface area contributed by atoms with Crippen molar-refractivity contribution in [2.75, 3.05) is 18.6 Å². The van der Waals surface area contributed by atoms with Gasteiger partial charge in [-0.3, -0.25) is 4.79 Å². The van der Waals surface area contributed by atoms with Gasteiger partial charge >= 0.3 is 5.97 Å². The number of benzene rings is 3. The van der Waals surface area contributed by atoms with Crippen LogP contribution in [-0.2, 0) is 32.4 Å². The van der Waals surface area contributed by atoms with Crippen molar-refractivity contribution in [2.24, 2.45) is 0 Å². The second kappa shape index (κ2) is 14.0. The van der Waals surface area contributed by atoms with E-state index in [2.05, 4.69) is 24.4 Å². The Balaban J connectivity index is 1.60. The molecule has 0 radical (unpaired) electrons. The maximum atomic E-state index is 13.4. The third kappa shape index (κ3) is 8.20. The summed E-state index contributed by atoms with van der Waals surface area (Å²) in [6, 6.07) is 18.0. The van der Waals surface area contributed by atoms with Gasteiger partial charge in [0.2, 0.25) is 0 Å². The van der Waals surface area contributed by atoms with Gasteiger partial charge in [-0.1, -0.05) is 56.2 Å². The summed E-state index contributed by atoms with van der Waals surface area (Å²) in [5.74, 6) is -1.28. The van der Waals surface area contributed by atoms with Crippen molar-refractivity contribution < 1.29 is 32.6 Å². The molecule has 4 rings (SSSR count). The summed E-state index contributed by atoms with van der Waals surface area (Å²) in [6.45, 7) is 5.13. The summed E-state index contributed by atoms with van der Waals surface area (Å²) in [6.07, 6.45) is 4.57. The first-order valence-electron chi connectivity index (χ1n) is 14.3. The van der Waals surface area contributed by atoms with Crippen LogP contribution in [0.5, 0.6) is 5.75 Å². The van der Waals surface area contributed by atoms with Crippen LogP contribution in [0.25, 0.3) is 11.1 Å². The number of amides is 1. The van der Waals surface area contributed by atoms with Crippen LogP contribution < -0.4 is 10.1 Å². The zero-order valence-corrected chi connectivity index (χ0v) is 25.2. The van der Waals surface area contributed by atoms with Crippen LogP contribution in [0.3, 0.4) is 0 Å². The lowest BCUT2D eigenvalue weighted by molar-refractivity contribution is -0.139. The number of hydrogen-bond acceptors (Lipinski definition) is 6. The molecule has 1 amide bonds. The SMILES string of the molecule is CCCC[C@@H](OCc1ccc(C(=O)N[C@@H](CCS(C)(=O)=O)C(=O)O)c(-c2ccccc2C)c1)c1ccc2c(c1)CCO2. The van der Waals surface area contributed by atoms with E-state index in [4.69, 9.17) is 9.47 Å². The van der Waals surface area contributed by atoms with Crippen LogP contribution in [0.15, 0.2) is 60.7 Å². The molecule has 1 aliphatic heterocycles. The standard InChI is InChI=1S/C33H39NO7S/c1-4-5-10-30(24-12-14-31-25(20-24)15-17-40-31)41-21-23-11-13-27(28(19-23)26-9-7-6-8-22(26)2)32(35)34-29(33(36)37)16-18-42(3,38)39/h6-9,11-14,19-20,29-30H,4-5,10,15-18,21H2,1-3H3,(H,34,35)(H,36,37)/t29-,30+/m0/s1. The number of hydrogen-bond donors (Lipinski definition) is 2. The smallest absolute Gasteiger partial charge is 0.326 e. The molecule has 0 bridgehead atoms. The maximum Gasteiger partial charge on any atom is 0.326 e. The molecule has 224 valence electrons. The Morgan fingerprint density at radius 3 is 2.55 bits per heavy atom. The molecule has 0 aromatic heterocycles. The number of aryl methyl sites for hydroxylation is 1. The molecule has 8 nitrogen and oxygen atoms in total. The largest absolute Gasteiger partial charge is 0.493 e. The Kier molecular flexibility index (Phi) is 10.4. The van der Waals surface area contributed by atoms with Gasteiger partial charge in [-0.25, -0.2) is 13.2 Å². The second-order valence-corrected chi connectivity index (χ2v) is 13.1. The number of carbonyl (C=O) groups is 2. The maximum absolute atomic E-state index is 13.4. The van der Waals surface area contributed by atoms with E-state index in [-0.39, 0.29) is 18.3 Å². The zero-order chi connectivity index (χ0) is 30.3. The molecule has 2 N–H and O–H groups in total. The van der Waals surface area contributed by atoms with E-state index in [1.54, 1.807) is 6.07 Å². The molecule has 0 spiro atoms. The lowest BCUT2D eigenvalue weighted by atomic mass is 9.93. The molecule has 0 unspecified atom stereocenters. The van der Waals surface area contributed by atoms with Crippen LogP contribution in [0.4, 0.5) is 0 Å². The first kappa shape index (κ1) is 31.3. The summed E-state index contributed by atoms with van der Waals surface area (Å²) in [4.78, 5) is 25.2. The van der Waals surface area contributed by atoms with Crippen molar-refractivity contribution in [2.45, 2.75) is 64.7 Å². The topological polar surface area (TPSA) is 119 Å². The normalized spacial score (nSPS) is 14.1. The predicted octanol–water partition coefficient (Wildman–Crippen LogP) is 5.66. The minimum absolute atomic E-state index is 0.0908. The highest BCUT2D eigenvalue weighted by atomic mass is 32.2. The van der Waals surface area contributed by atoms with Crippen LogP contribution in [0.2, 0.25) is 0 Å². The van der Waals surface area contributed by atoms with Crippen molar-refractivity contribution in [3.63, 3.8) is 0 Å². The average Bonchev–Trinajstić information content (AvgIpc) is 3.43. The van der Waals surface area contributed by atoms with E-state index in [9.17, 15) is 23.1 Å². The van der Waals surface area contributed by atoms with E-state index in [1.807, 2.05) is 49.4 Å². The Bertz CT molecular complexity index is 1530. The molecular formula is C33H39NO7S. The average molecular weight is 594 g/mol. The molecule has 3 aromatic carbocycles. The fraction of sp³-hybridized carbons (Fsp3) is 0.394. The number of unbranched alkanes of at least 4 members (excludes halogenated alkanes) is 1. The number of carboxylic acids is 1. The number of aliphatic carboxylic acids is 1. The predicted molar refractivity (Wildman–Crippen MR) is 163 cm³/mol. The summed E-state index contributed by atoms with van der Waals surface area (Å²) in [7, 11) is -3.39. The molecule has 0 saturated heterocycles. The molecule has 3 aromatic rings. The molecule has 0 fully saturated rings. The third-order valence-corrected chi connectivity index (χ3v) is 8.48. The highest BCUT2D eigenvalue weighted by Crippen LogP contribution is 2.33. The number of fused-ring (bicyclic) bond motifs is 1. The summed E-state index contributed by atoms with van der Waals surface area (Å²) >= 11 is 0. The van der Waals surface area contributed by atoms with E-state index < -0.39 is 27.8 Å². The molecule has 0 aliphatic carbocycles. The Hall–Kier alpha value is -3.69. The van der Waals surface area contributed by atoms with Crippen LogP contribution >= 0.6 is 0 Å². The fourth-order valence-corrected chi connectivity index (χ4v) is 5.81. The van der Waals surface area contributed by atoms with Crippen molar-refractivity contribution in [1.29, 1.82) is 0 Å². The van der Waals surface area contributed by atoms with Gasteiger partial charge in [0, 0.05) is 18.2 Å². The van der Waals surface area contributed by atoms with Gasteiger partial charge in [0.15, 0.2) is 0 Å². The van der Waals surface area contributed by atoms with Crippen molar-refractivity contribution in [3.05, 3.63) is 88.5 Å². The number of carboxylic acid groups (broad SMARTS) is 1. The fourth-order valence-electron chi connectivity index (χ4n) is 5.14. The van der Waals surface area contributed by atoms with Gasteiger partial charge < -0.3 is 19.9 Å². The van der Waals surface area contributed by atoms with Crippen LogP contribution in [0.1, 0.15) is 71.3 Å². The lowest BCUT2D eigenvalue weighted by Gasteiger charge is -2.20. The summed E-state index contributed by atoms with van der Waals surface area (Å²) in [5, 5.41) is 12.2. The van der Waals surface area contributed by atoms with Crippen LogP contribution in [0, 0.1) is 6.92 Å². The highest BCUT2D eigenvalue weighted by Gasteiger charge is 2.25.